The third-order valence-electron chi connectivity index (χ3n) is 5.11. The monoisotopic (exact) mass is 418 g/mol. The van der Waals surface area contributed by atoms with Gasteiger partial charge in [-0.2, -0.15) is 4.31 Å². The Morgan fingerprint density at radius 1 is 1.07 bits per heavy atom. The van der Waals surface area contributed by atoms with E-state index in [2.05, 4.69) is 5.32 Å². The molecule has 0 aromatic heterocycles. The molecule has 0 bridgehead atoms. The fraction of sp³-hybridized carbons (Fsp3) is 0.381. The van der Waals surface area contributed by atoms with Crippen molar-refractivity contribution in [1.29, 1.82) is 0 Å². The Bertz CT molecular complexity index is 902. The zero-order valence-electron chi connectivity index (χ0n) is 16.2. The summed E-state index contributed by atoms with van der Waals surface area (Å²) in [6, 6.07) is 15.0. The van der Waals surface area contributed by atoms with Crippen LogP contribution in [0, 0.1) is 12.8 Å². The molecule has 1 aliphatic heterocycles. The first-order valence-corrected chi connectivity index (χ1v) is 12.0. The van der Waals surface area contributed by atoms with Gasteiger partial charge in [0.25, 0.3) is 0 Å². The fourth-order valence-corrected chi connectivity index (χ4v) is 5.17. The van der Waals surface area contributed by atoms with Gasteiger partial charge >= 0.3 is 0 Å². The maximum atomic E-state index is 12.8. The first-order valence-electron chi connectivity index (χ1n) is 9.37. The van der Waals surface area contributed by atoms with E-state index >= 15 is 0 Å². The molecule has 0 unspecified atom stereocenters. The number of aryl methyl sites for hydroxylation is 1. The van der Waals surface area contributed by atoms with E-state index in [4.69, 9.17) is 0 Å². The molecular formula is C21H26N2O3S2. The number of thioether (sulfide) groups is 1. The lowest BCUT2D eigenvalue weighted by atomic mass is 9.97. The van der Waals surface area contributed by atoms with Gasteiger partial charge in [0, 0.05) is 30.4 Å². The predicted molar refractivity (Wildman–Crippen MR) is 113 cm³/mol. The second kappa shape index (κ2) is 9.11. The van der Waals surface area contributed by atoms with Crippen molar-refractivity contribution in [2.75, 3.05) is 19.3 Å². The molecule has 1 N–H and O–H groups in total. The number of piperidine rings is 1. The molecule has 1 fully saturated rings. The van der Waals surface area contributed by atoms with E-state index in [1.54, 1.807) is 23.9 Å². The summed E-state index contributed by atoms with van der Waals surface area (Å²) in [5.74, 6) is -0.141. The lowest BCUT2D eigenvalue weighted by molar-refractivity contribution is -0.126. The molecule has 28 heavy (non-hydrogen) atoms. The van der Waals surface area contributed by atoms with Gasteiger partial charge in [0.2, 0.25) is 15.9 Å². The van der Waals surface area contributed by atoms with E-state index in [-0.39, 0.29) is 11.8 Å². The Balaban J connectivity index is 1.54. The van der Waals surface area contributed by atoms with Gasteiger partial charge in [-0.05, 0) is 55.9 Å². The van der Waals surface area contributed by atoms with Crippen LogP contribution in [0.1, 0.15) is 24.0 Å². The van der Waals surface area contributed by atoms with Crippen LogP contribution in [0.3, 0.4) is 0 Å². The molecule has 1 aliphatic rings. The van der Waals surface area contributed by atoms with Crippen molar-refractivity contribution < 1.29 is 13.2 Å². The summed E-state index contributed by atoms with van der Waals surface area (Å²) in [7, 11) is -3.50. The SMILES string of the molecule is CSc1ccc(S(=O)(=O)N2CCC(C(=O)NCc3ccc(C)cc3)CC2)cc1. The molecule has 0 spiro atoms. The van der Waals surface area contributed by atoms with Crippen molar-refractivity contribution >= 4 is 27.7 Å². The number of amides is 1. The predicted octanol–water partition coefficient (Wildman–Crippen LogP) is 3.43. The number of benzene rings is 2. The topological polar surface area (TPSA) is 66.5 Å². The minimum Gasteiger partial charge on any atom is -0.352 e. The number of nitrogens with zero attached hydrogens (tertiary/aromatic N) is 1. The van der Waals surface area contributed by atoms with Crippen molar-refractivity contribution in [3.8, 4) is 0 Å². The van der Waals surface area contributed by atoms with Crippen molar-refractivity contribution in [2.45, 2.75) is 36.1 Å². The second-order valence-corrected chi connectivity index (χ2v) is 9.87. The third-order valence-corrected chi connectivity index (χ3v) is 7.77. The summed E-state index contributed by atoms with van der Waals surface area (Å²) in [5.41, 5.74) is 2.25. The molecule has 1 saturated heterocycles. The Morgan fingerprint density at radius 2 is 1.68 bits per heavy atom. The molecule has 7 heteroatoms. The zero-order valence-corrected chi connectivity index (χ0v) is 17.9. The summed E-state index contributed by atoms with van der Waals surface area (Å²) < 4.78 is 27.1. The number of sulfonamides is 1. The fourth-order valence-electron chi connectivity index (χ4n) is 3.29. The standard InChI is InChI=1S/C21H26N2O3S2/c1-16-3-5-17(6-4-16)15-22-21(24)18-11-13-23(14-12-18)28(25,26)20-9-7-19(27-2)8-10-20/h3-10,18H,11-15H2,1-2H3,(H,22,24). The third kappa shape index (κ3) is 4.96. The van der Waals surface area contributed by atoms with E-state index in [0.29, 0.717) is 37.4 Å². The van der Waals surface area contributed by atoms with Gasteiger partial charge in [-0.3, -0.25) is 4.79 Å². The minimum absolute atomic E-state index is 0.00180. The summed E-state index contributed by atoms with van der Waals surface area (Å²) in [6.07, 6.45) is 3.04. The second-order valence-electron chi connectivity index (χ2n) is 7.06. The molecule has 1 amide bonds. The van der Waals surface area contributed by atoms with Crippen LogP contribution in [0.25, 0.3) is 0 Å². The molecule has 150 valence electrons. The Kier molecular flexibility index (Phi) is 6.80. The number of carbonyl (C=O) groups excluding carboxylic acids is 1. The molecule has 0 aliphatic carbocycles. The number of rotatable bonds is 6. The molecule has 0 saturated carbocycles. The summed E-state index contributed by atoms with van der Waals surface area (Å²) in [4.78, 5) is 13.8. The van der Waals surface area contributed by atoms with E-state index in [1.807, 2.05) is 49.6 Å². The molecule has 3 rings (SSSR count). The highest BCUT2D eigenvalue weighted by Gasteiger charge is 2.31. The zero-order chi connectivity index (χ0) is 20.1. The van der Waals surface area contributed by atoms with Crippen LogP contribution in [0.15, 0.2) is 58.3 Å². The maximum absolute atomic E-state index is 12.8. The van der Waals surface area contributed by atoms with Crippen molar-refractivity contribution in [3.05, 3.63) is 59.7 Å². The lowest BCUT2D eigenvalue weighted by Crippen LogP contribution is -2.42. The van der Waals surface area contributed by atoms with Crippen LogP contribution in [-0.4, -0.2) is 38.0 Å². The molecule has 2 aromatic rings. The van der Waals surface area contributed by atoms with Gasteiger partial charge in [-0.15, -0.1) is 11.8 Å². The van der Waals surface area contributed by atoms with Crippen molar-refractivity contribution in [2.24, 2.45) is 5.92 Å². The quantitative estimate of drug-likeness (QED) is 0.730. The van der Waals surface area contributed by atoms with Crippen LogP contribution in [-0.2, 0) is 21.4 Å². The molecule has 1 heterocycles. The highest BCUT2D eigenvalue weighted by atomic mass is 32.2. The normalized spacial score (nSPS) is 16.1. The van der Waals surface area contributed by atoms with Gasteiger partial charge in [-0.1, -0.05) is 29.8 Å². The summed E-state index contributed by atoms with van der Waals surface area (Å²) in [5, 5.41) is 2.98. The van der Waals surface area contributed by atoms with Crippen LogP contribution in [0.4, 0.5) is 0 Å². The Morgan fingerprint density at radius 3 is 2.25 bits per heavy atom. The lowest BCUT2D eigenvalue weighted by Gasteiger charge is -2.30. The highest BCUT2D eigenvalue weighted by molar-refractivity contribution is 7.98. The summed E-state index contributed by atoms with van der Waals surface area (Å²) >= 11 is 1.58. The van der Waals surface area contributed by atoms with Gasteiger partial charge in [0.05, 0.1) is 4.90 Å². The Hall–Kier alpha value is -1.83. The van der Waals surface area contributed by atoms with Crippen molar-refractivity contribution in [3.63, 3.8) is 0 Å². The minimum atomic E-state index is -3.50. The van der Waals surface area contributed by atoms with Crippen molar-refractivity contribution in [1.82, 2.24) is 9.62 Å². The van der Waals surface area contributed by atoms with Gasteiger partial charge in [0.15, 0.2) is 0 Å². The van der Waals surface area contributed by atoms with Crippen LogP contribution >= 0.6 is 11.8 Å². The number of carbonyl (C=O) groups is 1. The molecule has 0 atom stereocenters. The number of nitrogens with one attached hydrogen (secondary N) is 1. The van der Waals surface area contributed by atoms with Crippen LogP contribution in [0.5, 0.6) is 0 Å². The molecule has 0 radical (unpaired) electrons. The van der Waals surface area contributed by atoms with Gasteiger partial charge < -0.3 is 5.32 Å². The smallest absolute Gasteiger partial charge is 0.243 e. The maximum Gasteiger partial charge on any atom is 0.243 e. The average Bonchev–Trinajstić information content (AvgIpc) is 2.73. The average molecular weight is 419 g/mol. The summed E-state index contributed by atoms with van der Waals surface area (Å²) in [6.45, 7) is 3.27. The van der Waals surface area contributed by atoms with E-state index in [1.165, 1.54) is 9.87 Å². The molecule has 2 aromatic carbocycles. The number of hydrogen-bond donors (Lipinski definition) is 1. The molecular weight excluding hydrogens is 392 g/mol. The molecule has 5 nitrogen and oxygen atoms in total. The Labute approximate surface area is 171 Å². The highest BCUT2D eigenvalue weighted by Crippen LogP contribution is 2.25. The van der Waals surface area contributed by atoms with Gasteiger partial charge in [0.1, 0.15) is 0 Å². The van der Waals surface area contributed by atoms with E-state index < -0.39 is 10.0 Å². The van der Waals surface area contributed by atoms with Crippen LogP contribution < -0.4 is 5.32 Å². The van der Waals surface area contributed by atoms with E-state index in [0.717, 1.165) is 10.5 Å². The largest absolute Gasteiger partial charge is 0.352 e. The first-order chi connectivity index (χ1) is 13.4. The first kappa shape index (κ1) is 20.9. The van der Waals surface area contributed by atoms with E-state index in [9.17, 15) is 13.2 Å². The van der Waals surface area contributed by atoms with Gasteiger partial charge in [-0.25, -0.2) is 8.42 Å². The van der Waals surface area contributed by atoms with Crippen LogP contribution in [0.2, 0.25) is 0 Å². The number of hydrogen-bond acceptors (Lipinski definition) is 4.